The minimum Gasteiger partial charge on any atom is -0.328 e. The van der Waals surface area contributed by atoms with Crippen molar-refractivity contribution >= 4 is 0 Å². The van der Waals surface area contributed by atoms with E-state index in [1.165, 1.54) is 16.7 Å². The summed E-state index contributed by atoms with van der Waals surface area (Å²) in [6.07, 6.45) is 0.911. The molecule has 2 unspecified atom stereocenters. The molecule has 0 saturated heterocycles. The molecular weight excluding hydrogens is 244 g/mol. The van der Waals surface area contributed by atoms with Gasteiger partial charge in [-0.2, -0.15) is 0 Å². The van der Waals surface area contributed by atoms with Crippen LogP contribution in [0, 0.1) is 0 Å². The lowest BCUT2D eigenvalue weighted by Crippen LogP contribution is -2.25. The van der Waals surface area contributed by atoms with E-state index >= 15 is 0 Å². The summed E-state index contributed by atoms with van der Waals surface area (Å²) in [5.41, 5.74) is 15.8. The summed E-state index contributed by atoms with van der Waals surface area (Å²) < 4.78 is 0. The minimum atomic E-state index is 0.0803. The molecule has 20 heavy (non-hydrogen) atoms. The molecule has 2 aromatic rings. The second-order valence-electron chi connectivity index (χ2n) is 5.67. The van der Waals surface area contributed by atoms with Crippen LogP contribution in [0.3, 0.4) is 0 Å². The van der Waals surface area contributed by atoms with Crippen molar-refractivity contribution in [3.63, 3.8) is 0 Å². The van der Waals surface area contributed by atoms with Crippen molar-refractivity contribution in [2.45, 2.75) is 38.3 Å². The standard InChI is InChI=1S/C18H24N2/c1-13(19)12-15-8-10-17(11-9-15)18(14(2)20)16-6-4-3-5-7-16/h3-11,13-14,18H,12,19-20H2,1-2H3/t13-,14?,18?/m1/s1. The molecule has 2 heteroatoms. The van der Waals surface area contributed by atoms with Gasteiger partial charge in [-0.15, -0.1) is 0 Å². The summed E-state index contributed by atoms with van der Waals surface area (Å²) in [5.74, 6) is 0.237. The first-order valence-corrected chi connectivity index (χ1v) is 7.23. The number of benzene rings is 2. The fourth-order valence-corrected chi connectivity index (χ4v) is 2.69. The Balaban J connectivity index is 2.27. The van der Waals surface area contributed by atoms with Crippen LogP contribution in [0.1, 0.15) is 36.5 Å². The van der Waals surface area contributed by atoms with Crippen LogP contribution in [-0.2, 0) is 6.42 Å². The molecule has 0 aromatic heterocycles. The van der Waals surface area contributed by atoms with Gasteiger partial charge in [0.25, 0.3) is 0 Å². The van der Waals surface area contributed by atoms with Crippen molar-refractivity contribution in [3.05, 3.63) is 71.3 Å². The van der Waals surface area contributed by atoms with Crippen molar-refractivity contribution in [1.82, 2.24) is 0 Å². The number of hydrogen-bond donors (Lipinski definition) is 2. The van der Waals surface area contributed by atoms with E-state index in [0.29, 0.717) is 0 Å². The summed E-state index contributed by atoms with van der Waals surface area (Å²) in [5, 5.41) is 0. The van der Waals surface area contributed by atoms with Crippen LogP contribution in [0.5, 0.6) is 0 Å². The Bertz CT molecular complexity index is 515. The molecule has 3 atom stereocenters. The zero-order chi connectivity index (χ0) is 14.5. The predicted octanol–water partition coefficient (Wildman–Crippen LogP) is 3.06. The lowest BCUT2D eigenvalue weighted by atomic mass is 9.85. The molecule has 0 radical (unpaired) electrons. The van der Waals surface area contributed by atoms with Gasteiger partial charge in [0.1, 0.15) is 0 Å². The Morgan fingerprint density at radius 2 is 1.35 bits per heavy atom. The highest BCUT2D eigenvalue weighted by molar-refractivity contribution is 5.35. The SMILES string of the molecule is CC(N)C(c1ccccc1)c1ccc(C[C@@H](C)N)cc1. The van der Waals surface area contributed by atoms with Gasteiger partial charge in [-0.05, 0) is 37.0 Å². The second-order valence-corrected chi connectivity index (χ2v) is 5.67. The zero-order valence-electron chi connectivity index (χ0n) is 12.3. The topological polar surface area (TPSA) is 52.0 Å². The van der Waals surface area contributed by atoms with Crippen LogP contribution in [0.15, 0.2) is 54.6 Å². The van der Waals surface area contributed by atoms with E-state index in [9.17, 15) is 0 Å². The van der Waals surface area contributed by atoms with Gasteiger partial charge in [0.2, 0.25) is 0 Å². The molecule has 0 amide bonds. The van der Waals surface area contributed by atoms with Crippen LogP contribution in [0.4, 0.5) is 0 Å². The van der Waals surface area contributed by atoms with Gasteiger partial charge in [0.05, 0.1) is 0 Å². The molecule has 0 aliphatic carbocycles. The largest absolute Gasteiger partial charge is 0.328 e. The molecular formula is C18H24N2. The highest BCUT2D eigenvalue weighted by Crippen LogP contribution is 2.27. The molecule has 0 aliphatic rings. The van der Waals surface area contributed by atoms with Gasteiger partial charge in [0, 0.05) is 18.0 Å². The highest BCUT2D eigenvalue weighted by Gasteiger charge is 2.18. The molecule has 0 saturated carbocycles. The summed E-state index contributed by atoms with van der Waals surface area (Å²) in [4.78, 5) is 0. The smallest absolute Gasteiger partial charge is 0.0238 e. The monoisotopic (exact) mass is 268 g/mol. The van der Waals surface area contributed by atoms with Crippen LogP contribution in [0.2, 0.25) is 0 Å². The average molecular weight is 268 g/mol. The highest BCUT2D eigenvalue weighted by atomic mass is 14.6. The van der Waals surface area contributed by atoms with E-state index in [4.69, 9.17) is 11.5 Å². The molecule has 0 heterocycles. The average Bonchev–Trinajstić information content (AvgIpc) is 2.41. The Kier molecular flexibility index (Phi) is 4.94. The number of hydrogen-bond acceptors (Lipinski definition) is 2. The quantitative estimate of drug-likeness (QED) is 0.875. The summed E-state index contributed by atoms with van der Waals surface area (Å²) in [6.45, 7) is 4.09. The van der Waals surface area contributed by atoms with E-state index in [-0.39, 0.29) is 18.0 Å². The molecule has 2 rings (SSSR count). The third-order valence-corrected chi connectivity index (χ3v) is 3.58. The van der Waals surface area contributed by atoms with Crippen molar-refractivity contribution in [2.24, 2.45) is 11.5 Å². The number of nitrogens with two attached hydrogens (primary N) is 2. The van der Waals surface area contributed by atoms with E-state index in [2.05, 4.69) is 55.5 Å². The van der Waals surface area contributed by atoms with Crippen molar-refractivity contribution < 1.29 is 0 Å². The summed E-state index contributed by atoms with van der Waals surface area (Å²) >= 11 is 0. The Hall–Kier alpha value is -1.64. The maximum Gasteiger partial charge on any atom is 0.0238 e. The zero-order valence-corrected chi connectivity index (χ0v) is 12.3. The fraction of sp³-hybridized carbons (Fsp3) is 0.333. The first-order valence-electron chi connectivity index (χ1n) is 7.23. The predicted molar refractivity (Wildman–Crippen MR) is 85.7 cm³/mol. The van der Waals surface area contributed by atoms with Crippen molar-refractivity contribution in [1.29, 1.82) is 0 Å². The first-order chi connectivity index (χ1) is 9.58. The Labute approximate surface area is 121 Å². The summed E-state index contributed by atoms with van der Waals surface area (Å²) in [7, 11) is 0. The maximum atomic E-state index is 6.20. The first kappa shape index (κ1) is 14.8. The number of rotatable bonds is 5. The lowest BCUT2D eigenvalue weighted by molar-refractivity contribution is 0.644. The maximum absolute atomic E-state index is 6.20. The second kappa shape index (κ2) is 6.69. The van der Waals surface area contributed by atoms with Crippen LogP contribution in [-0.4, -0.2) is 12.1 Å². The van der Waals surface area contributed by atoms with Crippen molar-refractivity contribution in [2.75, 3.05) is 0 Å². The minimum absolute atomic E-state index is 0.0803. The third-order valence-electron chi connectivity index (χ3n) is 3.58. The van der Waals surface area contributed by atoms with E-state index in [0.717, 1.165) is 6.42 Å². The van der Waals surface area contributed by atoms with Gasteiger partial charge in [-0.25, -0.2) is 0 Å². The normalized spacial score (nSPS) is 15.6. The van der Waals surface area contributed by atoms with Crippen molar-refractivity contribution in [3.8, 4) is 0 Å². The molecule has 2 nitrogen and oxygen atoms in total. The molecule has 0 fully saturated rings. The molecule has 0 spiro atoms. The lowest BCUT2D eigenvalue weighted by Gasteiger charge is -2.22. The Morgan fingerprint density at radius 3 is 1.85 bits per heavy atom. The molecule has 0 aliphatic heterocycles. The van der Waals surface area contributed by atoms with Gasteiger partial charge in [-0.1, -0.05) is 54.6 Å². The van der Waals surface area contributed by atoms with Crippen LogP contribution >= 0.6 is 0 Å². The molecule has 106 valence electrons. The van der Waals surface area contributed by atoms with Gasteiger partial charge in [0.15, 0.2) is 0 Å². The van der Waals surface area contributed by atoms with Crippen LogP contribution < -0.4 is 11.5 Å². The van der Waals surface area contributed by atoms with E-state index in [1.54, 1.807) is 0 Å². The molecule has 2 aromatic carbocycles. The van der Waals surface area contributed by atoms with E-state index in [1.807, 2.05) is 13.0 Å². The van der Waals surface area contributed by atoms with Crippen LogP contribution in [0.25, 0.3) is 0 Å². The van der Waals surface area contributed by atoms with Gasteiger partial charge >= 0.3 is 0 Å². The summed E-state index contributed by atoms with van der Waals surface area (Å²) in [6, 6.07) is 19.4. The van der Waals surface area contributed by atoms with E-state index < -0.39 is 0 Å². The molecule has 4 N–H and O–H groups in total. The Morgan fingerprint density at radius 1 is 0.800 bits per heavy atom. The molecule has 0 bridgehead atoms. The fourth-order valence-electron chi connectivity index (χ4n) is 2.69. The third kappa shape index (κ3) is 3.69. The van der Waals surface area contributed by atoms with Gasteiger partial charge < -0.3 is 11.5 Å². The van der Waals surface area contributed by atoms with Gasteiger partial charge in [-0.3, -0.25) is 0 Å².